The first-order chi connectivity index (χ1) is 13.2. The standard InChI is InChI=1S/C21H27N3O2S/c1-16-5-3-4-6-19(16)23-21(27)22-15-20(24-11-13-26-14-12-24)17-7-9-18(25-2)10-8-17/h3-10,20H,11-15H2,1-2H3,(H2,22,23,27)/p+1/t20-/m0/s1. The first-order valence-electron chi connectivity index (χ1n) is 9.34. The number of thiocarbonyl (C=S) groups is 1. The van der Waals surface area contributed by atoms with Gasteiger partial charge in [0, 0.05) is 11.3 Å². The minimum absolute atomic E-state index is 0.302. The van der Waals surface area contributed by atoms with Gasteiger partial charge in [-0.25, -0.2) is 0 Å². The molecule has 3 N–H and O–H groups in total. The van der Waals surface area contributed by atoms with Gasteiger partial charge in [0.25, 0.3) is 0 Å². The Bertz CT molecular complexity index is 745. The Labute approximate surface area is 166 Å². The smallest absolute Gasteiger partial charge is 0.171 e. The van der Waals surface area contributed by atoms with E-state index in [0.717, 1.165) is 44.3 Å². The largest absolute Gasteiger partial charge is 0.497 e. The van der Waals surface area contributed by atoms with Crippen LogP contribution in [-0.2, 0) is 4.74 Å². The van der Waals surface area contributed by atoms with E-state index in [1.54, 1.807) is 7.11 Å². The van der Waals surface area contributed by atoms with Crippen molar-refractivity contribution in [2.45, 2.75) is 13.0 Å². The van der Waals surface area contributed by atoms with E-state index in [1.165, 1.54) is 16.0 Å². The number of anilines is 1. The number of nitrogens with one attached hydrogen (secondary N) is 3. The van der Waals surface area contributed by atoms with Crippen LogP contribution in [0.5, 0.6) is 5.75 Å². The van der Waals surface area contributed by atoms with Gasteiger partial charge in [-0.05, 0) is 55.0 Å². The van der Waals surface area contributed by atoms with Crippen LogP contribution < -0.4 is 20.3 Å². The highest BCUT2D eigenvalue weighted by atomic mass is 32.1. The summed E-state index contributed by atoms with van der Waals surface area (Å²) in [7, 11) is 1.69. The number of hydrogen-bond acceptors (Lipinski definition) is 3. The van der Waals surface area contributed by atoms with Gasteiger partial charge in [-0.15, -0.1) is 0 Å². The molecule has 1 heterocycles. The number of benzene rings is 2. The summed E-state index contributed by atoms with van der Waals surface area (Å²) in [5, 5.41) is 7.36. The summed E-state index contributed by atoms with van der Waals surface area (Å²) in [6.45, 7) is 6.43. The van der Waals surface area contributed by atoms with Crippen molar-refractivity contribution in [3.8, 4) is 5.75 Å². The average Bonchev–Trinajstić information content (AvgIpc) is 2.71. The van der Waals surface area contributed by atoms with Crippen molar-refractivity contribution in [3.05, 3.63) is 59.7 Å². The Hall–Kier alpha value is -2.15. The summed E-state index contributed by atoms with van der Waals surface area (Å²) in [5.74, 6) is 0.874. The van der Waals surface area contributed by atoms with Gasteiger partial charge in [-0.2, -0.15) is 0 Å². The second-order valence-corrected chi connectivity index (χ2v) is 7.15. The number of para-hydroxylation sites is 1. The lowest BCUT2D eigenvalue weighted by molar-refractivity contribution is -0.937. The van der Waals surface area contributed by atoms with E-state index in [4.69, 9.17) is 21.7 Å². The van der Waals surface area contributed by atoms with Crippen LogP contribution >= 0.6 is 12.2 Å². The summed E-state index contributed by atoms with van der Waals surface area (Å²) in [6.07, 6.45) is 0. The number of hydrogen-bond donors (Lipinski definition) is 3. The normalized spacial score (nSPS) is 15.8. The second-order valence-electron chi connectivity index (χ2n) is 6.75. The highest BCUT2D eigenvalue weighted by Crippen LogP contribution is 2.16. The second kappa shape index (κ2) is 9.69. The Morgan fingerprint density at radius 1 is 1.15 bits per heavy atom. The van der Waals surface area contributed by atoms with E-state index in [-0.39, 0.29) is 0 Å². The van der Waals surface area contributed by atoms with Crippen molar-refractivity contribution in [2.75, 3.05) is 45.3 Å². The number of rotatable bonds is 6. The third-order valence-electron chi connectivity index (χ3n) is 5.01. The van der Waals surface area contributed by atoms with E-state index in [2.05, 4.69) is 35.8 Å². The molecule has 0 unspecified atom stereocenters. The van der Waals surface area contributed by atoms with Crippen molar-refractivity contribution >= 4 is 23.0 Å². The maximum Gasteiger partial charge on any atom is 0.171 e. The molecule has 0 radical (unpaired) electrons. The minimum atomic E-state index is 0.302. The van der Waals surface area contributed by atoms with Crippen LogP contribution in [0.3, 0.4) is 0 Å². The maximum atomic E-state index is 5.54. The minimum Gasteiger partial charge on any atom is -0.497 e. The fourth-order valence-corrected chi connectivity index (χ4v) is 3.58. The lowest BCUT2D eigenvalue weighted by Crippen LogP contribution is -3.15. The van der Waals surface area contributed by atoms with Gasteiger partial charge in [-0.3, -0.25) is 0 Å². The van der Waals surface area contributed by atoms with Crippen molar-refractivity contribution in [1.82, 2.24) is 5.32 Å². The van der Waals surface area contributed by atoms with Gasteiger partial charge >= 0.3 is 0 Å². The molecule has 5 nitrogen and oxygen atoms in total. The molecule has 0 aliphatic carbocycles. The molecule has 0 amide bonds. The molecule has 2 aromatic rings. The summed E-state index contributed by atoms with van der Waals surface area (Å²) in [6, 6.07) is 16.8. The molecule has 1 aliphatic heterocycles. The van der Waals surface area contributed by atoms with Crippen molar-refractivity contribution in [1.29, 1.82) is 0 Å². The zero-order chi connectivity index (χ0) is 19.1. The third-order valence-corrected chi connectivity index (χ3v) is 5.25. The number of methoxy groups -OCH3 is 1. The first kappa shape index (κ1) is 19.6. The summed E-state index contributed by atoms with van der Waals surface area (Å²) >= 11 is 5.53. The molecular formula is C21H28N3O2S+. The molecular weight excluding hydrogens is 358 g/mol. The Kier molecular flexibility index (Phi) is 7.04. The zero-order valence-electron chi connectivity index (χ0n) is 16.0. The van der Waals surface area contributed by atoms with Crippen LogP contribution in [-0.4, -0.2) is 45.1 Å². The topological polar surface area (TPSA) is 47.0 Å². The van der Waals surface area contributed by atoms with E-state index in [0.29, 0.717) is 11.2 Å². The highest BCUT2D eigenvalue weighted by Gasteiger charge is 2.26. The number of ether oxygens (including phenoxy) is 2. The Morgan fingerprint density at radius 3 is 2.52 bits per heavy atom. The quantitative estimate of drug-likeness (QED) is 0.663. The van der Waals surface area contributed by atoms with Crippen LogP contribution in [0, 0.1) is 6.92 Å². The molecule has 1 aliphatic rings. The number of quaternary nitrogens is 1. The fraction of sp³-hybridized carbons (Fsp3) is 0.381. The van der Waals surface area contributed by atoms with Crippen molar-refractivity contribution < 1.29 is 14.4 Å². The van der Waals surface area contributed by atoms with Crippen LogP contribution in [0.25, 0.3) is 0 Å². The maximum absolute atomic E-state index is 5.54. The van der Waals surface area contributed by atoms with Crippen LogP contribution in [0.1, 0.15) is 17.2 Å². The lowest BCUT2D eigenvalue weighted by atomic mass is 10.0. The highest BCUT2D eigenvalue weighted by molar-refractivity contribution is 7.80. The van der Waals surface area contributed by atoms with Gasteiger partial charge in [0.1, 0.15) is 24.9 Å². The number of aryl methyl sites for hydroxylation is 1. The Morgan fingerprint density at radius 2 is 1.85 bits per heavy atom. The average molecular weight is 387 g/mol. The molecule has 2 aromatic carbocycles. The molecule has 0 bridgehead atoms. The first-order valence-corrected chi connectivity index (χ1v) is 9.75. The molecule has 1 saturated heterocycles. The van der Waals surface area contributed by atoms with Crippen LogP contribution in [0.2, 0.25) is 0 Å². The number of morpholine rings is 1. The summed E-state index contributed by atoms with van der Waals surface area (Å²) in [5.41, 5.74) is 3.49. The van der Waals surface area contributed by atoms with Crippen LogP contribution in [0.4, 0.5) is 5.69 Å². The summed E-state index contributed by atoms with van der Waals surface area (Å²) in [4.78, 5) is 1.51. The van der Waals surface area contributed by atoms with Gasteiger partial charge in [0.05, 0.1) is 26.9 Å². The van der Waals surface area contributed by atoms with E-state index < -0.39 is 0 Å². The van der Waals surface area contributed by atoms with Crippen molar-refractivity contribution in [3.63, 3.8) is 0 Å². The molecule has 6 heteroatoms. The van der Waals surface area contributed by atoms with Gasteiger partial charge < -0.3 is 25.0 Å². The Balaban J connectivity index is 1.67. The molecule has 144 valence electrons. The lowest BCUT2D eigenvalue weighted by Gasteiger charge is -2.32. The zero-order valence-corrected chi connectivity index (χ0v) is 16.8. The molecule has 0 spiro atoms. The van der Waals surface area contributed by atoms with Crippen molar-refractivity contribution in [2.24, 2.45) is 0 Å². The molecule has 3 rings (SSSR count). The van der Waals surface area contributed by atoms with Gasteiger partial charge in [0.2, 0.25) is 0 Å². The third kappa shape index (κ3) is 5.42. The van der Waals surface area contributed by atoms with E-state index >= 15 is 0 Å². The van der Waals surface area contributed by atoms with Crippen LogP contribution in [0.15, 0.2) is 48.5 Å². The fourth-order valence-electron chi connectivity index (χ4n) is 3.39. The summed E-state index contributed by atoms with van der Waals surface area (Å²) < 4.78 is 10.8. The monoisotopic (exact) mass is 386 g/mol. The SMILES string of the molecule is COc1ccc([C@H](CNC(=S)Nc2ccccc2C)[NH+]2CCOCC2)cc1. The molecule has 1 fully saturated rings. The molecule has 27 heavy (non-hydrogen) atoms. The van der Waals surface area contributed by atoms with Gasteiger partial charge in [0.15, 0.2) is 5.11 Å². The van der Waals surface area contributed by atoms with E-state index in [1.807, 2.05) is 30.3 Å². The molecule has 0 saturated carbocycles. The molecule has 0 aromatic heterocycles. The van der Waals surface area contributed by atoms with E-state index in [9.17, 15) is 0 Å². The predicted molar refractivity (Wildman–Crippen MR) is 113 cm³/mol. The van der Waals surface area contributed by atoms with Gasteiger partial charge in [-0.1, -0.05) is 18.2 Å². The molecule has 1 atom stereocenters. The predicted octanol–water partition coefficient (Wildman–Crippen LogP) is 1.95.